The molecule has 1 saturated heterocycles. The van der Waals surface area contributed by atoms with Gasteiger partial charge < -0.3 is 10.6 Å². The van der Waals surface area contributed by atoms with Crippen molar-refractivity contribution in [2.24, 2.45) is 17.3 Å². The van der Waals surface area contributed by atoms with Crippen LogP contribution < -0.4 is 10.6 Å². The normalized spacial score (nSPS) is 22.5. The van der Waals surface area contributed by atoms with Gasteiger partial charge in [-0.3, -0.25) is 4.79 Å². The van der Waals surface area contributed by atoms with Gasteiger partial charge >= 0.3 is 0 Å². The number of carbonyl (C=O) groups is 1. The Labute approximate surface area is 140 Å². The number of sulfone groups is 1. The summed E-state index contributed by atoms with van der Waals surface area (Å²) in [6, 6.07) is 0. The van der Waals surface area contributed by atoms with Gasteiger partial charge in [-0.25, -0.2) is 8.42 Å². The lowest BCUT2D eigenvalue weighted by atomic mass is 9.84. The third-order valence-electron chi connectivity index (χ3n) is 4.88. The second kappa shape index (κ2) is 7.97. The van der Waals surface area contributed by atoms with E-state index in [4.69, 9.17) is 0 Å². The Balaban J connectivity index is 0.00000242. The lowest BCUT2D eigenvalue weighted by molar-refractivity contribution is -0.122. The van der Waals surface area contributed by atoms with Gasteiger partial charge in [0.2, 0.25) is 5.91 Å². The van der Waals surface area contributed by atoms with Crippen LogP contribution in [0.25, 0.3) is 0 Å². The van der Waals surface area contributed by atoms with E-state index in [0.29, 0.717) is 24.8 Å². The molecule has 5 nitrogen and oxygen atoms in total. The fraction of sp³-hybridized carbons (Fsp3) is 0.933. The Bertz CT molecular complexity index is 471. The molecule has 0 bridgehead atoms. The number of hydrogen-bond acceptors (Lipinski definition) is 4. The SMILES string of the molecule is CC(CC(=O)NCC1(CS(C)(=O)=O)CC1)C1CCNCC1.Cl. The molecule has 1 atom stereocenters. The Morgan fingerprint density at radius 1 is 1.32 bits per heavy atom. The second-order valence-corrected chi connectivity index (χ2v) is 9.26. The minimum Gasteiger partial charge on any atom is -0.356 e. The number of carbonyl (C=O) groups excluding carboxylic acids is 1. The average Bonchev–Trinajstić information content (AvgIpc) is 3.15. The first-order valence-electron chi connectivity index (χ1n) is 7.95. The van der Waals surface area contributed by atoms with E-state index >= 15 is 0 Å². The molecule has 0 aromatic heterocycles. The van der Waals surface area contributed by atoms with Crippen molar-refractivity contribution < 1.29 is 13.2 Å². The van der Waals surface area contributed by atoms with E-state index in [1.54, 1.807) is 0 Å². The predicted molar refractivity (Wildman–Crippen MR) is 91.0 cm³/mol. The number of amides is 1. The van der Waals surface area contributed by atoms with E-state index in [-0.39, 0.29) is 29.5 Å². The fourth-order valence-electron chi connectivity index (χ4n) is 3.34. The molecule has 1 unspecified atom stereocenters. The highest BCUT2D eigenvalue weighted by Crippen LogP contribution is 2.46. The summed E-state index contributed by atoms with van der Waals surface area (Å²) in [4.78, 5) is 12.1. The zero-order chi connectivity index (χ0) is 15.5. The molecular weight excluding hydrogens is 324 g/mol. The molecule has 1 aliphatic carbocycles. The lowest BCUT2D eigenvalue weighted by Gasteiger charge is -2.28. The molecule has 7 heteroatoms. The molecule has 1 saturated carbocycles. The van der Waals surface area contributed by atoms with Crippen LogP contribution in [0.4, 0.5) is 0 Å². The van der Waals surface area contributed by atoms with E-state index in [9.17, 15) is 13.2 Å². The molecule has 2 aliphatic rings. The van der Waals surface area contributed by atoms with Crippen LogP contribution in [0.3, 0.4) is 0 Å². The summed E-state index contributed by atoms with van der Waals surface area (Å²) in [5.41, 5.74) is -0.179. The van der Waals surface area contributed by atoms with Crippen molar-refractivity contribution in [3.05, 3.63) is 0 Å². The molecule has 2 fully saturated rings. The largest absolute Gasteiger partial charge is 0.356 e. The molecular formula is C15H29ClN2O3S. The molecule has 0 aromatic rings. The van der Waals surface area contributed by atoms with Crippen molar-refractivity contribution in [1.82, 2.24) is 10.6 Å². The van der Waals surface area contributed by atoms with E-state index in [1.165, 1.54) is 6.26 Å². The maximum Gasteiger partial charge on any atom is 0.220 e. The average molecular weight is 353 g/mol. The third-order valence-corrected chi connectivity index (χ3v) is 6.02. The van der Waals surface area contributed by atoms with Gasteiger partial charge in [-0.15, -0.1) is 12.4 Å². The molecule has 0 spiro atoms. The second-order valence-electron chi connectivity index (χ2n) is 7.12. The van der Waals surface area contributed by atoms with Gasteiger partial charge in [0.15, 0.2) is 0 Å². The smallest absolute Gasteiger partial charge is 0.220 e. The van der Waals surface area contributed by atoms with Crippen LogP contribution in [0, 0.1) is 17.3 Å². The first-order valence-corrected chi connectivity index (χ1v) is 10.0. The molecule has 1 aliphatic heterocycles. The van der Waals surface area contributed by atoms with E-state index in [0.717, 1.165) is 38.8 Å². The summed E-state index contributed by atoms with van der Waals surface area (Å²) in [5.74, 6) is 1.30. The minimum absolute atomic E-state index is 0. The number of hydrogen-bond donors (Lipinski definition) is 2. The molecule has 1 amide bonds. The summed E-state index contributed by atoms with van der Waals surface area (Å²) >= 11 is 0. The fourth-order valence-corrected chi connectivity index (χ4v) is 4.84. The van der Waals surface area contributed by atoms with Crippen LogP contribution in [0.15, 0.2) is 0 Å². The zero-order valence-corrected chi connectivity index (χ0v) is 15.2. The van der Waals surface area contributed by atoms with Crippen LogP contribution in [0.1, 0.15) is 39.0 Å². The van der Waals surface area contributed by atoms with E-state index in [2.05, 4.69) is 17.6 Å². The molecule has 22 heavy (non-hydrogen) atoms. The Morgan fingerprint density at radius 3 is 2.41 bits per heavy atom. The van der Waals surface area contributed by atoms with E-state index in [1.807, 2.05) is 0 Å². The molecule has 2 rings (SSSR count). The van der Waals surface area contributed by atoms with Crippen LogP contribution >= 0.6 is 12.4 Å². The van der Waals surface area contributed by atoms with Crippen molar-refractivity contribution in [1.29, 1.82) is 0 Å². The van der Waals surface area contributed by atoms with Gasteiger partial charge in [0.1, 0.15) is 9.84 Å². The highest BCUT2D eigenvalue weighted by molar-refractivity contribution is 7.90. The van der Waals surface area contributed by atoms with Crippen LogP contribution in [0.5, 0.6) is 0 Å². The van der Waals surface area contributed by atoms with Crippen LogP contribution in [-0.2, 0) is 14.6 Å². The Hall–Kier alpha value is -0.330. The van der Waals surface area contributed by atoms with Crippen LogP contribution in [-0.4, -0.2) is 46.0 Å². The first kappa shape index (κ1) is 19.7. The zero-order valence-electron chi connectivity index (χ0n) is 13.6. The summed E-state index contributed by atoms with van der Waals surface area (Å²) in [6.07, 6.45) is 5.93. The standard InChI is InChI=1S/C15H28N2O3S.ClH/c1-12(13-3-7-16-8-4-13)9-14(18)17-10-15(5-6-15)11-21(2,19)20;/h12-13,16H,3-11H2,1-2H3,(H,17,18);1H. The lowest BCUT2D eigenvalue weighted by Crippen LogP contribution is -2.36. The summed E-state index contributed by atoms with van der Waals surface area (Å²) in [7, 11) is -2.97. The number of halogens is 1. The number of rotatable bonds is 7. The van der Waals surface area contributed by atoms with E-state index < -0.39 is 9.84 Å². The number of piperidine rings is 1. The van der Waals surface area contributed by atoms with Gasteiger partial charge in [0.25, 0.3) is 0 Å². The molecule has 1 heterocycles. The number of nitrogens with one attached hydrogen (secondary N) is 2. The molecule has 2 N–H and O–H groups in total. The van der Waals surface area contributed by atoms with Gasteiger partial charge in [-0.2, -0.15) is 0 Å². The van der Waals surface area contributed by atoms with Gasteiger partial charge in [0, 0.05) is 24.6 Å². The van der Waals surface area contributed by atoms with Gasteiger partial charge in [0.05, 0.1) is 5.75 Å². The van der Waals surface area contributed by atoms with Crippen molar-refractivity contribution in [2.75, 3.05) is 31.6 Å². The monoisotopic (exact) mass is 352 g/mol. The quantitative estimate of drug-likeness (QED) is 0.725. The molecule has 0 aromatic carbocycles. The Morgan fingerprint density at radius 2 is 1.91 bits per heavy atom. The summed E-state index contributed by atoms with van der Waals surface area (Å²) in [6.45, 7) is 4.76. The van der Waals surface area contributed by atoms with Crippen molar-refractivity contribution in [3.63, 3.8) is 0 Å². The maximum absolute atomic E-state index is 12.1. The van der Waals surface area contributed by atoms with Gasteiger partial charge in [-0.1, -0.05) is 6.92 Å². The van der Waals surface area contributed by atoms with Crippen molar-refractivity contribution in [2.45, 2.75) is 39.0 Å². The summed E-state index contributed by atoms with van der Waals surface area (Å²) in [5, 5.41) is 6.30. The third kappa shape index (κ3) is 6.42. The van der Waals surface area contributed by atoms with Crippen molar-refractivity contribution in [3.8, 4) is 0 Å². The summed E-state index contributed by atoms with van der Waals surface area (Å²) < 4.78 is 22.8. The van der Waals surface area contributed by atoms with Crippen LogP contribution in [0.2, 0.25) is 0 Å². The minimum atomic E-state index is -2.97. The topological polar surface area (TPSA) is 75.3 Å². The highest BCUT2D eigenvalue weighted by atomic mass is 35.5. The predicted octanol–water partition coefficient (Wildman–Crippen LogP) is 1.37. The molecule has 0 radical (unpaired) electrons. The maximum atomic E-state index is 12.1. The molecule has 130 valence electrons. The van der Waals surface area contributed by atoms with Crippen molar-refractivity contribution >= 4 is 28.2 Å². The van der Waals surface area contributed by atoms with Gasteiger partial charge in [-0.05, 0) is 50.6 Å². The highest BCUT2D eigenvalue weighted by Gasteiger charge is 2.45. The Kier molecular flexibility index (Phi) is 7.15. The first-order chi connectivity index (χ1) is 9.80.